The molecule has 0 unspecified atom stereocenters. The molecule has 1 heterocycles. The highest BCUT2D eigenvalue weighted by Crippen LogP contribution is 2.19. The second-order valence-corrected chi connectivity index (χ2v) is 4.89. The van der Waals surface area contributed by atoms with Gasteiger partial charge in [-0.3, -0.25) is 4.68 Å². The Bertz CT molecular complexity index is 630. The predicted octanol–water partition coefficient (Wildman–Crippen LogP) is 3.14. The van der Waals surface area contributed by atoms with Crippen LogP contribution in [0.5, 0.6) is 5.88 Å². The standard InChI is InChI=1S/C16H18N2O3/c1-12(2)18-14(8-9-16(19)20)10-15(17-18)21-11-13-6-4-3-5-7-13/h3-10,12H,11H2,1-2H3,(H,19,20). The van der Waals surface area contributed by atoms with Crippen LogP contribution in [0.4, 0.5) is 0 Å². The number of carboxylic acid groups (broad SMARTS) is 1. The fourth-order valence-electron chi connectivity index (χ4n) is 1.88. The molecular weight excluding hydrogens is 268 g/mol. The monoisotopic (exact) mass is 286 g/mol. The summed E-state index contributed by atoms with van der Waals surface area (Å²) >= 11 is 0. The van der Waals surface area contributed by atoms with E-state index in [1.54, 1.807) is 10.7 Å². The molecule has 1 aromatic heterocycles. The molecule has 0 aliphatic heterocycles. The zero-order valence-corrected chi connectivity index (χ0v) is 12.1. The van der Waals surface area contributed by atoms with E-state index in [1.807, 2.05) is 44.2 Å². The number of aliphatic carboxylic acids is 1. The van der Waals surface area contributed by atoms with Crippen molar-refractivity contribution in [3.63, 3.8) is 0 Å². The fraction of sp³-hybridized carbons (Fsp3) is 0.250. The molecule has 0 aliphatic rings. The lowest BCUT2D eigenvalue weighted by Gasteiger charge is -2.07. The zero-order chi connectivity index (χ0) is 15.2. The molecule has 0 spiro atoms. The molecule has 0 fully saturated rings. The van der Waals surface area contributed by atoms with Crippen LogP contribution in [0.2, 0.25) is 0 Å². The van der Waals surface area contributed by atoms with Crippen LogP contribution in [0.3, 0.4) is 0 Å². The van der Waals surface area contributed by atoms with E-state index in [1.165, 1.54) is 6.08 Å². The number of rotatable bonds is 6. The maximum Gasteiger partial charge on any atom is 0.328 e. The van der Waals surface area contributed by atoms with Crippen molar-refractivity contribution in [3.05, 3.63) is 53.7 Å². The van der Waals surface area contributed by atoms with E-state index >= 15 is 0 Å². The molecule has 2 rings (SSSR count). The van der Waals surface area contributed by atoms with Crippen molar-refractivity contribution < 1.29 is 14.6 Å². The van der Waals surface area contributed by atoms with Gasteiger partial charge in [-0.05, 0) is 25.5 Å². The van der Waals surface area contributed by atoms with Crippen molar-refractivity contribution in [2.75, 3.05) is 0 Å². The van der Waals surface area contributed by atoms with Gasteiger partial charge in [0.2, 0.25) is 5.88 Å². The van der Waals surface area contributed by atoms with Gasteiger partial charge in [0.15, 0.2) is 0 Å². The first-order valence-electron chi connectivity index (χ1n) is 6.73. The van der Waals surface area contributed by atoms with E-state index in [-0.39, 0.29) is 6.04 Å². The molecule has 0 aliphatic carbocycles. The maximum absolute atomic E-state index is 10.6. The van der Waals surface area contributed by atoms with Crippen LogP contribution >= 0.6 is 0 Å². The Kier molecular flexibility index (Phi) is 4.77. The van der Waals surface area contributed by atoms with Crippen LogP contribution in [-0.4, -0.2) is 20.9 Å². The normalized spacial score (nSPS) is 11.2. The second-order valence-electron chi connectivity index (χ2n) is 4.89. The highest BCUT2D eigenvalue weighted by molar-refractivity contribution is 5.85. The lowest BCUT2D eigenvalue weighted by molar-refractivity contribution is -0.131. The maximum atomic E-state index is 10.6. The van der Waals surface area contributed by atoms with Gasteiger partial charge in [0.05, 0.1) is 5.69 Å². The topological polar surface area (TPSA) is 64.4 Å². The highest BCUT2D eigenvalue weighted by Gasteiger charge is 2.10. The summed E-state index contributed by atoms with van der Waals surface area (Å²) in [5.74, 6) is -0.504. The van der Waals surface area contributed by atoms with Crippen LogP contribution in [0.15, 0.2) is 42.5 Å². The molecule has 1 aromatic carbocycles. The van der Waals surface area contributed by atoms with Crippen LogP contribution in [0.1, 0.15) is 31.1 Å². The van der Waals surface area contributed by atoms with E-state index in [2.05, 4.69) is 5.10 Å². The van der Waals surface area contributed by atoms with Crippen LogP contribution in [-0.2, 0) is 11.4 Å². The van der Waals surface area contributed by atoms with Crippen molar-refractivity contribution in [1.29, 1.82) is 0 Å². The number of aromatic nitrogens is 2. The average molecular weight is 286 g/mol. The van der Waals surface area contributed by atoms with Crippen LogP contribution in [0, 0.1) is 0 Å². The Labute approximate surface area is 123 Å². The Morgan fingerprint density at radius 2 is 2.10 bits per heavy atom. The molecule has 0 saturated carbocycles. The number of hydrogen-bond acceptors (Lipinski definition) is 3. The molecule has 5 nitrogen and oxygen atoms in total. The fourth-order valence-corrected chi connectivity index (χ4v) is 1.88. The summed E-state index contributed by atoms with van der Waals surface area (Å²) in [6.07, 6.45) is 2.61. The SMILES string of the molecule is CC(C)n1nc(OCc2ccccc2)cc1C=CC(=O)O. The number of carbonyl (C=O) groups is 1. The summed E-state index contributed by atoms with van der Waals surface area (Å²) in [5.41, 5.74) is 1.76. The molecule has 1 N–H and O–H groups in total. The first kappa shape index (κ1) is 14.8. The van der Waals surface area contributed by atoms with E-state index < -0.39 is 5.97 Å². The molecule has 5 heteroatoms. The van der Waals surface area contributed by atoms with Crippen molar-refractivity contribution in [2.45, 2.75) is 26.5 Å². The molecule has 110 valence electrons. The molecule has 2 aromatic rings. The van der Waals surface area contributed by atoms with E-state index in [9.17, 15) is 4.79 Å². The quantitative estimate of drug-likeness (QED) is 0.829. The minimum absolute atomic E-state index is 0.118. The smallest absolute Gasteiger partial charge is 0.328 e. The summed E-state index contributed by atoms with van der Waals surface area (Å²) < 4.78 is 7.39. The van der Waals surface area contributed by atoms with Gasteiger partial charge in [-0.1, -0.05) is 30.3 Å². The number of hydrogen-bond donors (Lipinski definition) is 1. The lowest BCUT2D eigenvalue weighted by Crippen LogP contribution is -2.05. The Hall–Kier alpha value is -2.56. The van der Waals surface area contributed by atoms with Gasteiger partial charge < -0.3 is 9.84 Å². The third kappa shape index (κ3) is 4.21. The second kappa shape index (κ2) is 6.74. The van der Waals surface area contributed by atoms with Gasteiger partial charge in [-0.15, -0.1) is 5.10 Å². The summed E-state index contributed by atoms with van der Waals surface area (Å²) in [7, 11) is 0. The summed E-state index contributed by atoms with van der Waals surface area (Å²) in [5, 5.41) is 13.1. The van der Waals surface area contributed by atoms with Gasteiger partial charge in [-0.25, -0.2) is 4.79 Å². The van der Waals surface area contributed by atoms with Gasteiger partial charge in [0.1, 0.15) is 6.61 Å². The third-order valence-electron chi connectivity index (χ3n) is 2.86. The van der Waals surface area contributed by atoms with E-state index in [4.69, 9.17) is 9.84 Å². The average Bonchev–Trinajstić information content (AvgIpc) is 2.87. The lowest BCUT2D eigenvalue weighted by atomic mass is 10.2. The van der Waals surface area contributed by atoms with Crippen molar-refractivity contribution >= 4 is 12.0 Å². The molecular formula is C16H18N2O3. The molecule has 0 radical (unpaired) electrons. The third-order valence-corrected chi connectivity index (χ3v) is 2.86. The molecule has 21 heavy (non-hydrogen) atoms. The van der Waals surface area contributed by atoms with Gasteiger partial charge >= 0.3 is 5.97 Å². The predicted molar refractivity (Wildman–Crippen MR) is 80.1 cm³/mol. The largest absolute Gasteiger partial charge is 0.478 e. The molecule has 0 saturated heterocycles. The Morgan fingerprint density at radius 3 is 2.71 bits per heavy atom. The minimum atomic E-state index is -0.988. The highest BCUT2D eigenvalue weighted by atomic mass is 16.5. The zero-order valence-electron chi connectivity index (χ0n) is 12.1. The molecule has 0 bridgehead atoms. The summed E-state index contributed by atoms with van der Waals surface area (Å²) in [6, 6.07) is 11.7. The molecule has 0 amide bonds. The van der Waals surface area contributed by atoms with Crippen molar-refractivity contribution in [3.8, 4) is 5.88 Å². The Balaban J connectivity index is 2.13. The number of nitrogens with zero attached hydrogens (tertiary/aromatic N) is 2. The summed E-state index contributed by atoms with van der Waals surface area (Å²) in [6.45, 7) is 4.39. The van der Waals surface area contributed by atoms with Crippen molar-refractivity contribution in [2.24, 2.45) is 0 Å². The first-order valence-corrected chi connectivity index (χ1v) is 6.73. The minimum Gasteiger partial charge on any atom is -0.478 e. The van der Waals surface area contributed by atoms with Crippen LogP contribution < -0.4 is 4.74 Å². The van der Waals surface area contributed by atoms with Crippen molar-refractivity contribution in [1.82, 2.24) is 9.78 Å². The first-order chi connectivity index (χ1) is 10.1. The van der Waals surface area contributed by atoms with E-state index in [0.717, 1.165) is 11.6 Å². The van der Waals surface area contributed by atoms with Gasteiger partial charge in [0, 0.05) is 18.2 Å². The number of ether oxygens (including phenoxy) is 1. The summed E-state index contributed by atoms with van der Waals surface area (Å²) in [4.78, 5) is 10.6. The number of carboxylic acids is 1. The Morgan fingerprint density at radius 1 is 1.38 bits per heavy atom. The van der Waals surface area contributed by atoms with Gasteiger partial charge in [-0.2, -0.15) is 0 Å². The van der Waals surface area contributed by atoms with Gasteiger partial charge in [0.25, 0.3) is 0 Å². The number of benzene rings is 1. The van der Waals surface area contributed by atoms with Crippen LogP contribution in [0.25, 0.3) is 6.08 Å². The van der Waals surface area contributed by atoms with E-state index in [0.29, 0.717) is 18.2 Å². The molecule has 0 atom stereocenters.